The summed E-state index contributed by atoms with van der Waals surface area (Å²) in [6.45, 7) is 4.84. The smallest absolute Gasteiger partial charge is 0.251 e. The molecule has 0 radical (unpaired) electrons. The topological polar surface area (TPSA) is 77.1 Å². The van der Waals surface area contributed by atoms with Gasteiger partial charge in [-0.15, -0.1) is 0 Å². The van der Waals surface area contributed by atoms with E-state index in [1.165, 1.54) is 0 Å². The number of likely N-dealkylation sites (N-methyl/N-ethyl adjacent to an activating group) is 1. The molecule has 0 aromatic heterocycles. The number of nitrogens with zero attached hydrogens (tertiary/aromatic N) is 1. The molecule has 2 heterocycles. The lowest BCUT2D eigenvalue weighted by Crippen LogP contribution is -2.42. The van der Waals surface area contributed by atoms with E-state index in [0.29, 0.717) is 42.7 Å². The van der Waals surface area contributed by atoms with Gasteiger partial charge in [-0.05, 0) is 31.5 Å². The van der Waals surface area contributed by atoms with Crippen molar-refractivity contribution in [2.24, 2.45) is 5.92 Å². The number of carbonyl (C=O) groups is 2. The summed E-state index contributed by atoms with van der Waals surface area (Å²) in [7, 11) is 0. The Morgan fingerprint density at radius 1 is 1.29 bits per heavy atom. The summed E-state index contributed by atoms with van der Waals surface area (Å²) in [5.41, 5.74) is 0.444. The van der Waals surface area contributed by atoms with Crippen molar-refractivity contribution in [3.63, 3.8) is 0 Å². The highest BCUT2D eigenvalue weighted by Gasteiger charge is 2.22. The lowest BCUT2D eigenvalue weighted by atomic mass is 10.1. The Kier molecular flexibility index (Phi) is 5.20. The van der Waals surface area contributed by atoms with Crippen LogP contribution in [0.1, 0.15) is 23.7 Å². The third kappa shape index (κ3) is 3.79. The van der Waals surface area contributed by atoms with Crippen molar-refractivity contribution in [1.82, 2.24) is 10.2 Å². The number of carbonyl (C=O) groups excluding carboxylic acids is 2. The molecule has 1 aromatic rings. The summed E-state index contributed by atoms with van der Waals surface area (Å²) in [6, 6.07) is 4.97. The van der Waals surface area contributed by atoms with Crippen LogP contribution in [-0.4, -0.2) is 56.4 Å². The molecule has 7 heteroatoms. The number of benzene rings is 1. The molecule has 2 aliphatic rings. The molecular weight excluding hydrogens is 312 g/mol. The lowest BCUT2D eigenvalue weighted by molar-refractivity contribution is -0.130. The second kappa shape index (κ2) is 7.53. The van der Waals surface area contributed by atoms with Crippen LogP contribution in [0.25, 0.3) is 0 Å². The Bertz CT molecular complexity index is 613. The maximum absolute atomic E-state index is 12.3. The molecule has 3 rings (SSSR count). The minimum absolute atomic E-state index is 0.0192. The third-order valence-electron chi connectivity index (χ3n) is 4.27. The first-order valence-corrected chi connectivity index (χ1v) is 8.20. The quantitative estimate of drug-likeness (QED) is 0.841. The van der Waals surface area contributed by atoms with Gasteiger partial charge in [-0.25, -0.2) is 0 Å². The van der Waals surface area contributed by atoms with Crippen molar-refractivity contribution in [1.29, 1.82) is 0 Å². The minimum Gasteiger partial charge on any atom is -0.454 e. The Labute approximate surface area is 140 Å². The van der Waals surface area contributed by atoms with Crippen molar-refractivity contribution < 1.29 is 23.8 Å². The first kappa shape index (κ1) is 16.6. The standard InChI is InChI=1S/C17H22N2O5/c1-2-19(9-12-5-6-22-10-12)16(20)8-18-17(21)13-3-4-14-15(7-13)24-11-23-14/h3-4,7,12H,2,5-6,8-11H2,1H3,(H,18,21). The van der Waals surface area contributed by atoms with Crippen molar-refractivity contribution in [2.75, 3.05) is 39.6 Å². The molecule has 1 N–H and O–H groups in total. The van der Waals surface area contributed by atoms with Gasteiger partial charge in [0.15, 0.2) is 11.5 Å². The van der Waals surface area contributed by atoms with Gasteiger partial charge in [0.25, 0.3) is 5.91 Å². The van der Waals surface area contributed by atoms with Crippen LogP contribution in [0.15, 0.2) is 18.2 Å². The molecular formula is C17H22N2O5. The lowest BCUT2D eigenvalue weighted by Gasteiger charge is -2.23. The van der Waals surface area contributed by atoms with Gasteiger partial charge in [-0.2, -0.15) is 0 Å². The number of fused-ring (bicyclic) bond motifs is 1. The summed E-state index contributed by atoms with van der Waals surface area (Å²) in [4.78, 5) is 26.3. The van der Waals surface area contributed by atoms with E-state index in [9.17, 15) is 9.59 Å². The van der Waals surface area contributed by atoms with Crippen LogP contribution in [-0.2, 0) is 9.53 Å². The monoisotopic (exact) mass is 334 g/mol. The molecule has 1 atom stereocenters. The highest BCUT2D eigenvalue weighted by Crippen LogP contribution is 2.32. The summed E-state index contributed by atoms with van der Waals surface area (Å²) < 4.78 is 15.8. The Morgan fingerprint density at radius 3 is 2.88 bits per heavy atom. The van der Waals surface area contributed by atoms with Crippen LogP contribution in [0.3, 0.4) is 0 Å². The predicted molar refractivity (Wildman–Crippen MR) is 86.1 cm³/mol. The molecule has 7 nitrogen and oxygen atoms in total. The molecule has 2 aliphatic heterocycles. The zero-order valence-corrected chi connectivity index (χ0v) is 13.7. The summed E-state index contributed by atoms with van der Waals surface area (Å²) >= 11 is 0. The number of ether oxygens (including phenoxy) is 3. The molecule has 0 spiro atoms. The highest BCUT2D eigenvalue weighted by molar-refractivity contribution is 5.97. The van der Waals surface area contributed by atoms with E-state index >= 15 is 0 Å². The van der Waals surface area contributed by atoms with Gasteiger partial charge in [0, 0.05) is 31.2 Å². The summed E-state index contributed by atoms with van der Waals surface area (Å²) in [5, 5.41) is 2.67. The van der Waals surface area contributed by atoms with Gasteiger partial charge in [-0.1, -0.05) is 0 Å². The minimum atomic E-state index is -0.304. The van der Waals surface area contributed by atoms with Gasteiger partial charge in [0.1, 0.15) is 0 Å². The Morgan fingerprint density at radius 2 is 2.12 bits per heavy atom. The number of hydrogen-bond acceptors (Lipinski definition) is 5. The van der Waals surface area contributed by atoms with E-state index in [1.54, 1.807) is 23.1 Å². The zero-order chi connectivity index (χ0) is 16.9. The zero-order valence-electron chi connectivity index (χ0n) is 13.7. The fraction of sp³-hybridized carbons (Fsp3) is 0.529. The van der Waals surface area contributed by atoms with Crippen molar-refractivity contribution in [2.45, 2.75) is 13.3 Å². The van der Waals surface area contributed by atoms with Crippen LogP contribution in [0.2, 0.25) is 0 Å². The Hall–Kier alpha value is -2.28. The van der Waals surface area contributed by atoms with Crippen molar-refractivity contribution in [3.8, 4) is 11.5 Å². The van der Waals surface area contributed by atoms with Gasteiger partial charge in [0.2, 0.25) is 12.7 Å². The van der Waals surface area contributed by atoms with Gasteiger partial charge < -0.3 is 24.4 Å². The second-order valence-corrected chi connectivity index (χ2v) is 5.91. The van der Waals surface area contributed by atoms with Crippen LogP contribution in [0, 0.1) is 5.92 Å². The molecule has 0 bridgehead atoms. The summed E-state index contributed by atoms with van der Waals surface area (Å²) in [6.07, 6.45) is 0.979. The molecule has 1 saturated heterocycles. The summed E-state index contributed by atoms with van der Waals surface area (Å²) in [5.74, 6) is 1.17. The second-order valence-electron chi connectivity index (χ2n) is 5.91. The van der Waals surface area contributed by atoms with Crippen molar-refractivity contribution >= 4 is 11.8 Å². The highest BCUT2D eigenvalue weighted by atomic mass is 16.7. The van der Waals surface area contributed by atoms with Gasteiger partial charge in [-0.3, -0.25) is 9.59 Å². The van der Waals surface area contributed by atoms with Crippen LogP contribution < -0.4 is 14.8 Å². The van der Waals surface area contributed by atoms with Crippen LogP contribution in [0.5, 0.6) is 11.5 Å². The number of amides is 2. The largest absolute Gasteiger partial charge is 0.454 e. The third-order valence-corrected chi connectivity index (χ3v) is 4.27. The van der Waals surface area contributed by atoms with Gasteiger partial charge in [0.05, 0.1) is 13.2 Å². The molecule has 1 unspecified atom stereocenters. The molecule has 1 fully saturated rings. The average molecular weight is 334 g/mol. The normalized spacial score (nSPS) is 18.5. The molecule has 130 valence electrons. The van der Waals surface area contributed by atoms with Gasteiger partial charge >= 0.3 is 0 Å². The maximum atomic E-state index is 12.3. The molecule has 0 aliphatic carbocycles. The molecule has 24 heavy (non-hydrogen) atoms. The molecule has 0 saturated carbocycles. The first-order valence-electron chi connectivity index (χ1n) is 8.20. The number of rotatable bonds is 6. The average Bonchev–Trinajstić information content (AvgIpc) is 3.27. The van der Waals surface area contributed by atoms with Crippen LogP contribution in [0.4, 0.5) is 0 Å². The number of hydrogen-bond donors (Lipinski definition) is 1. The molecule has 2 amide bonds. The first-order chi connectivity index (χ1) is 11.7. The molecule has 1 aromatic carbocycles. The van der Waals surface area contributed by atoms with E-state index in [4.69, 9.17) is 14.2 Å². The fourth-order valence-electron chi connectivity index (χ4n) is 2.85. The maximum Gasteiger partial charge on any atom is 0.251 e. The fourth-order valence-corrected chi connectivity index (χ4v) is 2.85. The Balaban J connectivity index is 1.51. The number of nitrogens with one attached hydrogen (secondary N) is 1. The van der Waals surface area contributed by atoms with E-state index in [-0.39, 0.29) is 25.2 Å². The van der Waals surface area contributed by atoms with E-state index in [0.717, 1.165) is 13.0 Å². The van der Waals surface area contributed by atoms with E-state index < -0.39 is 0 Å². The van der Waals surface area contributed by atoms with E-state index in [2.05, 4.69) is 5.32 Å². The van der Waals surface area contributed by atoms with E-state index in [1.807, 2.05) is 6.92 Å². The SMILES string of the molecule is CCN(CC1CCOC1)C(=O)CNC(=O)c1ccc2c(c1)OCO2. The van der Waals surface area contributed by atoms with Crippen LogP contribution >= 0.6 is 0 Å². The van der Waals surface area contributed by atoms with Crippen molar-refractivity contribution in [3.05, 3.63) is 23.8 Å². The predicted octanol–water partition coefficient (Wildman–Crippen LogP) is 1.03.